The van der Waals surface area contributed by atoms with Crippen LogP contribution in [0.3, 0.4) is 0 Å². The Kier molecular flexibility index (Phi) is 5.58. The molecule has 112 valence electrons. The van der Waals surface area contributed by atoms with Crippen LogP contribution in [0.5, 0.6) is 0 Å². The van der Waals surface area contributed by atoms with Gasteiger partial charge in [0.1, 0.15) is 6.61 Å². The monoisotopic (exact) mass is 295 g/mol. The van der Waals surface area contributed by atoms with E-state index in [0.717, 1.165) is 15.6 Å². The number of esters is 1. The zero-order valence-corrected chi connectivity index (χ0v) is 13.6. The maximum absolute atomic E-state index is 11.9. The largest absolute Gasteiger partial charge is 0.460 e. The molecule has 0 N–H and O–H groups in total. The highest BCUT2D eigenvalue weighted by Gasteiger charge is 2.22. The second-order valence-electron chi connectivity index (χ2n) is 5.98. The van der Waals surface area contributed by atoms with E-state index in [2.05, 4.69) is 11.9 Å². The van der Waals surface area contributed by atoms with Crippen LogP contribution in [0.2, 0.25) is 0 Å². The number of nitrogens with zero attached hydrogens (tertiary/aromatic N) is 1. The number of thiazole rings is 1. The Balaban J connectivity index is 1.76. The van der Waals surface area contributed by atoms with Crippen molar-refractivity contribution in [2.45, 2.75) is 65.9 Å². The first-order chi connectivity index (χ1) is 9.56. The molecule has 0 aliphatic heterocycles. The van der Waals surface area contributed by atoms with Crippen LogP contribution < -0.4 is 0 Å². The fourth-order valence-electron chi connectivity index (χ4n) is 3.05. The van der Waals surface area contributed by atoms with Crippen molar-refractivity contribution >= 4 is 17.3 Å². The molecule has 1 atom stereocenters. The van der Waals surface area contributed by atoms with Gasteiger partial charge in [-0.15, -0.1) is 11.3 Å². The van der Waals surface area contributed by atoms with Crippen LogP contribution in [0.4, 0.5) is 0 Å². The third-order valence-electron chi connectivity index (χ3n) is 4.31. The molecule has 0 aromatic carbocycles. The highest BCUT2D eigenvalue weighted by molar-refractivity contribution is 7.11. The minimum Gasteiger partial charge on any atom is -0.460 e. The van der Waals surface area contributed by atoms with Crippen LogP contribution in [-0.2, 0) is 16.1 Å². The van der Waals surface area contributed by atoms with Gasteiger partial charge in [-0.3, -0.25) is 4.79 Å². The molecule has 0 bridgehead atoms. The normalized spacial score (nSPS) is 17.9. The molecular weight excluding hydrogens is 270 g/mol. The van der Waals surface area contributed by atoms with E-state index < -0.39 is 0 Å². The van der Waals surface area contributed by atoms with Crippen LogP contribution in [-0.4, -0.2) is 11.0 Å². The molecule has 4 heteroatoms. The Bertz CT molecular complexity index is 449. The predicted octanol–water partition coefficient (Wildman–Crippen LogP) is 4.41. The molecule has 3 nitrogen and oxygen atoms in total. The number of hydrogen-bond acceptors (Lipinski definition) is 4. The number of aryl methyl sites for hydroxylation is 2. The van der Waals surface area contributed by atoms with Gasteiger partial charge in [0.2, 0.25) is 0 Å². The Morgan fingerprint density at radius 1 is 1.35 bits per heavy atom. The molecule has 1 aromatic rings. The molecule has 20 heavy (non-hydrogen) atoms. The maximum Gasteiger partial charge on any atom is 0.306 e. The Labute approximate surface area is 125 Å². The molecule has 1 saturated carbocycles. The third kappa shape index (κ3) is 4.30. The van der Waals surface area contributed by atoms with Gasteiger partial charge in [0, 0.05) is 6.42 Å². The van der Waals surface area contributed by atoms with Gasteiger partial charge in [-0.1, -0.05) is 39.0 Å². The maximum atomic E-state index is 11.9. The average Bonchev–Trinajstić information content (AvgIpc) is 2.75. The van der Waals surface area contributed by atoms with E-state index >= 15 is 0 Å². The third-order valence-corrected chi connectivity index (χ3v) is 5.35. The molecule has 2 rings (SSSR count). The molecule has 1 heterocycles. The van der Waals surface area contributed by atoms with Crippen molar-refractivity contribution in [3.8, 4) is 0 Å². The van der Waals surface area contributed by atoms with Crippen molar-refractivity contribution in [3.63, 3.8) is 0 Å². The summed E-state index contributed by atoms with van der Waals surface area (Å²) in [4.78, 5) is 17.4. The molecule has 1 aliphatic rings. The van der Waals surface area contributed by atoms with Gasteiger partial charge < -0.3 is 4.74 Å². The molecule has 0 amide bonds. The Hall–Kier alpha value is -0.900. The molecule has 1 aliphatic carbocycles. The topological polar surface area (TPSA) is 39.2 Å². The SMILES string of the molecule is Cc1nc(C)c(COC(=O)CC(C)C2CCCCC2)s1. The fourth-order valence-corrected chi connectivity index (χ4v) is 3.90. The summed E-state index contributed by atoms with van der Waals surface area (Å²) in [5.74, 6) is 1.10. The molecule has 0 saturated heterocycles. The molecule has 1 fully saturated rings. The number of ether oxygens (including phenoxy) is 1. The summed E-state index contributed by atoms with van der Waals surface area (Å²) in [6.45, 7) is 6.53. The van der Waals surface area contributed by atoms with Gasteiger partial charge in [0.15, 0.2) is 0 Å². The lowest BCUT2D eigenvalue weighted by molar-refractivity contribution is -0.146. The van der Waals surface area contributed by atoms with E-state index in [1.54, 1.807) is 11.3 Å². The van der Waals surface area contributed by atoms with Crippen LogP contribution in [0.15, 0.2) is 0 Å². The standard InChI is InChI=1S/C16H25NO2S/c1-11(14-7-5-4-6-8-14)9-16(18)19-10-15-12(2)17-13(3)20-15/h11,14H,4-10H2,1-3H3. The van der Waals surface area contributed by atoms with E-state index in [4.69, 9.17) is 4.74 Å². The second kappa shape index (κ2) is 7.21. The summed E-state index contributed by atoms with van der Waals surface area (Å²) in [6.07, 6.45) is 7.12. The summed E-state index contributed by atoms with van der Waals surface area (Å²) in [5, 5.41) is 1.03. The van der Waals surface area contributed by atoms with E-state index in [9.17, 15) is 4.79 Å². The molecule has 0 radical (unpaired) electrons. The Morgan fingerprint density at radius 2 is 2.05 bits per heavy atom. The summed E-state index contributed by atoms with van der Waals surface area (Å²) < 4.78 is 5.42. The number of rotatable bonds is 5. The van der Waals surface area contributed by atoms with E-state index in [0.29, 0.717) is 24.9 Å². The van der Waals surface area contributed by atoms with Crippen molar-refractivity contribution in [2.24, 2.45) is 11.8 Å². The molecule has 1 aromatic heterocycles. The van der Waals surface area contributed by atoms with Crippen molar-refractivity contribution < 1.29 is 9.53 Å². The van der Waals surface area contributed by atoms with Crippen molar-refractivity contribution in [1.29, 1.82) is 0 Å². The lowest BCUT2D eigenvalue weighted by atomic mass is 9.79. The van der Waals surface area contributed by atoms with Gasteiger partial charge in [-0.25, -0.2) is 4.98 Å². The average molecular weight is 295 g/mol. The molecular formula is C16H25NO2S. The number of carbonyl (C=O) groups excluding carboxylic acids is 1. The van der Waals surface area contributed by atoms with Crippen LogP contribution in [0, 0.1) is 25.7 Å². The fraction of sp³-hybridized carbons (Fsp3) is 0.750. The van der Waals surface area contributed by atoms with Crippen molar-refractivity contribution in [2.75, 3.05) is 0 Å². The summed E-state index contributed by atoms with van der Waals surface area (Å²) in [6, 6.07) is 0. The smallest absolute Gasteiger partial charge is 0.306 e. The number of carbonyl (C=O) groups is 1. The summed E-state index contributed by atoms with van der Waals surface area (Å²) in [7, 11) is 0. The van der Waals surface area contributed by atoms with Crippen LogP contribution >= 0.6 is 11.3 Å². The summed E-state index contributed by atoms with van der Waals surface area (Å²) in [5.41, 5.74) is 0.987. The van der Waals surface area contributed by atoms with Crippen LogP contribution in [0.25, 0.3) is 0 Å². The van der Waals surface area contributed by atoms with Crippen molar-refractivity contribution in [1.82, 2.24) is 4.98 Å². The first-order valence-corrected chi connectivity index (χ1v) is 8.46. The zero-order valence-electron chi connectivity index (χ0n) is 12.8. The first kappa shape index (κ1) is 15.5. The predicted molar refractivity (Wildman–Crippen MR) is 81.7 cm³/mol. The van der Waals surface area contributed by atoms with Gasteiger partial charge in [-0.2, -0.15) is 0 Å². The summed E-state index contributed by atoms with van der Waals surface area (Å²) >= 11 is 1.61. The lowest BCUT2D eigenvalue weighted by Crippen LogP contribution is -2.19. The molecule has 1 unspecified atom stereocenters. The number of aromatic nitrogens is 1. The van der Waals surface area contributed by atoms with Gasteiger partial charge >= 0.3 is 5.97 Å². The lowest BCUT2D eigenvalue weighted by Gasteiger charge is -2.26. The van der Waals surface area contributed by atoms with Gasteiger partial charge in [0.05, 0.1) is 15.6 Å². The van der Waals surface area contributed by atoms with E-state index in [1.165, 1.54) is 32.1 Å². The minimum absolute atomic E-state index is 0.0615. The van der Waals surface area contributed by atoms with Crippen LogP contribution in [0.1, 0.15) is 61.0 Å². The van der Waals surface area contributed by atoms with Crippen molar-refractivity contribution in [3.05, 3.63) is 15.6 Å². The highest BCUT2D eigenvalue weighted by atomic mass is 32.1. The molecule has 0 spiro atoms. The highest BCUT2D eigenvalue weighted by Crippen LogP contribution is 2.31. The van der Waals surface area contributed by atoms with Gasteiger partial charge in [-0.05, 0) is 25.7 Å². The minimum atomic E-state index is -0.0615. The second-order valence-corrected chi connectivity index (χ2v) is 7.27. The van der Waals surface area contributed by atoms with E-state index in [1.807, 2.05) is 13.8 Å². The van der Waals surface area contributed by atoms with E-state index in [-0.39, 0.29) is 5.97 Å². The first-order valence-electron chi connectivity index (χ1n) is 7.64. The quantitative estimate of drug-likeness (QED) is 0.755. The van der Waals surface area contributed by atoms with Gasteiger partial charge in [0.25, 0.3) is 0 Å². The Morgan fingerprint density at radius 3 is 2.65 bits per heavy atom. The zero-order chi connectivity index (χ0) is 14.5. The number of hydrogen-bond donors (Lipinski definition) is 0.